The summed E-state index contributed by atoms with van der Waals surface area (Å²) < 4.78 is 1.84. The summed E-state index contributed by atoms with van der Waals surface area (Å²) in [5, 5.41) is 7.38. The Labute approximate surface area is 166 Å². The number of piperidine rings is 1. The summed E-state index contributed by atoms with van der Waals surface area (Å²) >= 11 is 0. The van der Waals surface area contributed by atoms with Crippen LogP contribution < -0.4 is 5.32 Å². The van der Waals surface area contributed by atoms with Gasteiger partial charge in [-0.2, -0.15) is 5.10 Å². The molecule has 0 spiro atoms. The highest BCUT2D eigenvalue weighted by molar-refractivity contribution is 5.98. The SMILES string of the molecule is Cc1ccccc1-n1ncc(C(=O)N[C@@H](C)C(=O)N2CCCCC2)c1C(C)C. The van der Waals surface area contributed by atoms with E-state index in [0.29, 0.717) is 5.56 Å². The molecule has 2 aromatic rings. The van der Waals surface area contributed by atoms with Gasteiger partial charge in [0, 0.05) is 13.1 Å². The van der Waals surface area contributed by atoms with Crippen LogP contribution in [-0.2, 0) is 4.79 Å². The van der Waals surface area contributed by atoms with Crippen LogP contribution >= 0.6 is 0 Å². The van der Waals surface area contributed by atoms with Crippen molar-refractivity contribution in [2.75, 3.05) is 13.1 Å². The van der Waals surface area contributed by atoms with Crippen molar-refractivity contribution in [1.29, 1.82) is 0 Å². The number of para-hydroxylation sites is 1. The highest BCUT2D eigenvalue weighted by atomic mass is 16.2. The van der Waals surface area contributed by atoms with Gasteiger partial charge in [0.25, 0.3) is 5.91 Å². The van der Waals surface area contributed by atoms with Crippen molar-refractivity contribution in [3.63, 3.8) is 0 Å². The normalized spacial score (nSPS) is 15.5. The van der Waals surface area contributed by atoms with Crippen LogP contribution in [0.1, 0.15) is 67.6 Å². The molecule has 1 atom stereocenters. The standard InChI is InChI=1S/C22H30N4O2/c1-15(2)20-18(14-23-26(20)19-11-7-6-10-16(19)3)21(27)24-17(4)22(28)25-12-8-5-9-13-25/h6-7,10-11,14-15,17H,5,8-9,12-13H2,1-4H3,(H,24,27)/t17-/m0/s1. The maximum atomic E-state index is 13.0. The summed E-state index contributed by atoms with van der Waals surface area (Å²) in [6.07, 6.45) is 4.84. The van der Waals surface area contributed by atoms with Gasteiger partial charge in [0.1, 0.15) is 6.04 Å². The van der Waals surface area contributed by atoms with Crippen molar-refractivity contribution >= 4 is 11.8 Å². The second-order valence-electron chi connectivity index (χ2n) is 7.88. The van der Waals surface area contributed by atoms with E-state index in [2.05, 4.69) is 10.4 Å². The number of nitrogens with one attached hydrogen (secondary N) is 1. The summed E-state index contributed by atoms with van der Waals surface area (Å²) in [6.45, 7) is 9.44. The first-order valence-corrected chi connectivity index (χ1v) is 10.1. The van der Waals surface area contributed by atoms with E-state index in [1.807, 2.05) is 54.6 Å². The molecule has 0 aliphatic carbocycles. The van der Waals surface area contributed by atoms with Crippen LogP contribution in [0.5, 0.6) is 0 Å². The zero-order valence-electron chi connectivity index (χ0n) is 17.2. The molecule has 28 heavy (non-hydrogen) atoms. The van der Waals surface area contributed by atoms with Gasteiger partial charge in [0.15, 0.2) is 0 Å². The third-order valence-electron chi connectivity index (χ3n) is 5.33. The number of carbonyl (C=O) groups is 2. The van der Waals surface area contributed by atoms with Crippen LogP contribution in [0.2, 0.25) is 0 Å². The van der Waals surface area contributed by atoms with Gasteiger partial charge in [-0.1, -0.05) is 32.0 Å². The topological polar surface area (TPSA) is 67.2 Å². The molecule has 1 aromatic heterocycles. The maximum Gasteiger partial charge on any atom is 0.255 e. The highest BCUT2D eigenvalue weighted by Crippen LogP contribution is 2.25. The molecule has 0 radical (unpaired) electrons. The first-order chi connectivity index (χ1) is 13.4. The second-order valence-corrected chi connectivity index (χ2v) is 7.88. The second kappa shape index (κ2) is 8.59. The molecule has 1 aliphatic rings. The zero-order chi connectivity index (χ0) is 20.3. The Morgan fingerprint density at radius 1 is 1.07 bits per heavy atom. The predicted molar refractivity (Wildman–Crippen MR) is 110 cm³/mol. The van der Waals surface area contributed by atoms with Gasteiger partial charge in [-0.15, -0.1) is 0 Å². The maximum absolute atomic E-state index is 13.0. The van der Waals surface area contributed by atoms with Crippen molar-refractivity contribution < 1.29 is 9.59 Å². The lowest BCUT2D eigenvalue weighted by molar-refractivity contribution is -0.133. The molecule has 0 unspecified atom stereocenters. The Bertz CT molecular complexity index is 850. The van der Waals surface area contributed by atoms with Crippen molar-refractivity contribution in [3.8, 4) is 5.69 Å². The fraction of sp³-hybridized carbons (Fsp3) is 0.500. The highest BCUT2D eigenvalue weighted by Gasteiger charge is 2.27. The summed E-state index contributed by atoms with van der Waals surface area (Å²) in [6, 6.07) is 7.43. The monoisotopic (exact) mass is 382 g/mol. The van der Waals surface area contributed by atoms with E-state index in [1.165, 1.54) is 6.42 Å². The van der Waals surface area contributed by atoms with Gasteiger partial charge < -0.3 is 10.2 Å². The Morgan fingerprint density at radius 2 is 1.75 bits per heavy atom. The average molecular weight is 383 g/mol. The fourth-order valence-corrected chi connectivity index (χ4v) is 3.81. The van der Waals surface area contributed by atoms with Crippen molar-refractivity contribution in [2.24, 2.45) is 0 Å². The molecule has 6 heteroatoms. The largest absolute Gasteiger partial charge is 0.341 e. The molecule has 1 fully saturated rings. The van der Waals surface area contributed by atoms with E-state index >= 15 is 0 Å². The molecule has 0 bridgehead atoms. The van der Waals surface area contributed by atoms with Gasteiger partial charge in [0.05, 0.1) is 23.1 Å². The van der Waals surface area contributed by atoms with E-state index in [-0.39, 0.29) is 17.7 Å². The van der Waals surface area contributed by atoms with E-state index in [9.17, 15) is 9.59 Å². The number of benzene rings is 1. The Balaban J connectivity index is 1.82. The first-order valence-electron chi connectivity index (χ1n) is 10.1. The smallest absolute Gasteiger partial charge is 0.255 e. The Hall–Kier alpha value is -2.63. The Morgan fingerprint density at radius 3 is 2.39 bits per heavy atom. The van der Waals surface area contributed by atoms with E-state index in [0.717, 1.165) is 42.9 Å². The lowest BCUT2D eigenvalue weighted by atomic mass is 10.0. The summed E-state index contributed by atoms with van der Waals surface area (Å²) in [7, 11) is 0. The van der Waals surface area contributed by atoms with Gasteiger partial charge in [-0.3, -0.25) is 9.59 Å². The van der Waals surface area contributed by atoms with Crippen LogP contribution in [0.4, 0.5) is 0 Å². The predicted octanol–water partition coefficient (Wildman–Crippen LogP) is 3.43. The van der Waals surface area contributed by atoms with E-state index < -0.39 is 6.04 Å². The van der Waals surface area contributed by atoms with Crippen LogP contribution in [0, 0.1) is 6.92 Å². The number of hydrogen-bond acceptors (Lipinski definition) is 3. The number of likely N-dealkylation sites (tertiary alicyclic amines) is 1. The molecule has 1 saturated heterocycles. The zero-order valence-corrected chi connectivity index (χ0v) is 17.2. The summed E-state index contributed by atoms with van der Waals surface area (Å²) in [4.78, 5) is 27.5. The number of amides is 2. The van der Waals surface area contributed by atoms with Crippen LogP contribution in [0.25, 0.3) is 5.69 Å². The molecular formula is C22H30N4O2. The molecule has 1 aromatic carbocycles. The number of nitrogens with zero attached hydrogens (tertiary/aromatic N) is 3. The molecule has 2 heterocycles. The quantitative estimate of drug-likeness (QED) is 0.861. The van der Waals surface area contributed by atoms with Crippen LogP contribution in [0.3, 0.4) is 0 Å². The molecule has 2 amide bonds. The molecule has 3 rings (SSSR count). The van der Waals surface area contributed by atoms with Gasteiger partial charge in [0.2, 0.25) is 5.91 Å². The van der Waals surface area contributed by atoms with Crippen LogP contribution in [0.15, 0.2) is 30.5 Å². The van der Waals surface area contributed by atoms with Gasteiger partial charge in [-0.25, -0.2) is 4.68 Å². The summed E-state index contributed by atoms with van der Waals surface area (Å²) in [5.41, 5.74) is 3.43. The van der Waals surface area contributed by atoms with Gasteiger partial charge >= 0.3 is 0 Å². The third-order valence-corrected chi connectivity index (χ3v) is 5.33. The molecule has 6 nitrogen and oxygen atoms in total. The molecular weight excluding hydrogens is 352 g/mol. The molecule has 1 aliphatic heterocycles. The van der Waals surface area contributed by atoms with Crippen molar-refractivity contribution in [2.45, 2.75) is 58.9 Å². The van der Waals surface area contributed by atoms with Crippen molar-refractivity contribution in [1.82, 2.24) is 20.0 Å². The molecule has 1 N–H and O–H groups in total. The minimum Gasteiger partial charge on any atom is -0.341 e. The number of aromatic nitrogens is 2. The average Bonchev–Trinajstić information content (AvgIpc) is 3.13. The minimum absolute atomic E-state index is 0.00885. The third kappa shape index (κ3) is 4.11. The van der Waals surface area contributed by atoms with E-state index in [1.54, 1.807) is 13.1 Å². The molecule has 150 valence electrons. The lowest BCUT2D eigenvalue weighted by Crippen LogP contribution is -2.48. The van der Waals surface area contributed by atoms with E-state index in [4.69, 9.17) is 0 Å². The Kier molecular flexibility index (Phi) is 6.17. The van der Waals surface area contributed by atoms with Crippen molar-refractivity contribution in [3.05, 3.63) is 47.3 Å². The first kappa shape index (κ1) is 20.1. The fourth-order valence-electron chi connectivity index (χ4n) is 3.81. The number of aryl methyl sites for hydroxylation is 1. The lowest BCUT2D eigenvalue weighted by Gasteiger charge is -2.29. The summed E-state index contributed by atoms with van der Waals surface area (Å²) in [5.74, 6) is -0.150. The molecule has 0 saturated carbocycles. The number of rotatable bonds is 5. The van der Waals surface area contributed by atoms with Gasteiger partial charge in [-0.05, 0) is 50.7 Å². The van der Waals surface area contributed by atoms with Crippen LogP contribution in [-0.4, -0.2) is 45.6 Å². The number of hydrogen-bond donors (Lipinski definition) is 1. The minimum atomic E-state index is -0.549. The number of carbonyl (C=O) groups excluding carboxylic acids is 2.